The molecular formula is C23H22FN5O. The molecule has 152 valence electrons. The van der Waals surface area contributed by atoms with Gasteiger partial charge in [0.2, 0.25) is 17.1 Å². The van der Waals surface area contributed by atoms with Crippen LogP contribution in [-0.2, 0) is 0 Å². The maximum atomic E-state index is 13.4. The molecule has 30 heavy (non-hydrogen) atoms. The van der Waals surface area contributed by atoms with E-state index in [1.807, 2.05) is 30.3 Å². The molecule has 0 radical (unpaired) electrons. The van der Waals surface area contributed by atoms with Gasteiger partial charge in [0.25, 0.3) is 0 Å². The second-order valence-corrected chi connectivity index (χ2v) is 7.56. The van der Waals surface area contributed by atoms with Gasteiger partial charge in [-0.05, 0) is 56.4 Å². The number of hydrogen-bond donors (Lipinski definition) is 0. The van der Waals surface area contributed by atoms with Gasteiger partial charge in [-0.1, -0.05) is 18.2 Å². The molecule has 1 aliphatic rings. The molecule has 1 aliphatic heterocycles. The first-order valence-electron chi connectivity index (χ1n) is 10.1. The molecule has 0 saturated carbocycles. The Balaban J connectivity index is 1.66. The van der Waals surface area contributed by atoms with E-state index in [2.05, 4.69) is 26.8 Å². The quantitative estimate of drug-likeness (QED) is 0.510. The first-order chi connectivity index (χ1) is 14.7. The van der Waals surface area contributed by atoms with Crippen LogP contribution in [0, 0.1) is 5.82 Å². The van der Waals surface area contributed by atoms with Crippen molar-refractivity contribution in [2.75, 3.05) is 38.1 Å². The SMILES string of the molecule is CN1CCCN(c2nc(-c3ccc(F)cc3)nc3nc(-c4ccccc4)oc23)CC1. The summed E-state index contributed by atoms with van der Waals surface area (Å²) in [5.41, 5.74) is 2.73. The molecule has 0 amide bonds. The zero-order valence-corrected chi connectivity index (χ0v) is 16.8. The van der Waals surface area contributed by atoms with Crippen LogP contribution in [0.3, 0.4) is 0 Å². The van der Waals surface area contributed by atoms with Crippen molar-refractivity contribution in [3.63, 3.8) is 0 Å². The number of likely N-dealkylation sites (N-methyl/N-ethyl adjacent to an activating group) is 1. The monoisotopic (exact) mass is 403 g/mol. The molecule has 4 aromatic rings. The van der Waals surface area contributed by atoms with Crippen molar-refractivity contribution in [2.24, 2.45) is 0 Å². The van der Waals surface area contributed by atoms with E-state index >= 15 is 0 Å². The Morgan fingerprint density at radius 2 is 1.63 bits per heavy atom. The summed E-state index contributed by atoms with van der Waals surface area (Å²) < 4.78 is 19.6. The number of rotatable bonds is 3. The van der Waals surface area contributed by atoms with Gasteiger partial charge >= 0.3 is 0 Å². The molecule has 5 rings (SSSR count). The molecule has 7 heteroatoms. The van der Waals surface area contributed by atoms with Crippen molar-refractivity contribution in [2.45, 2.75) is 6.42 Å². The molecule has 0 spiro atoms. The lowest BCUT2D eigenvalue weighted by atomic mass is 10.2. The first kappa shape index (κ1) is 18.7. The first-order valence-corrected chi connectivity index (χ1v) is 10.1. The van der Waals surface area contributed by atoms with Crippen molar-refractivity contribution in [1.29, 1.82) is 0 Å². The Bertz CT molecular complexity index is 1160. The van der Waals surface area contributed by atoms with Gasteiger partial charge < -0.3 is 14.2 Å². The van der Waals surface area contributed by atoms with Crippen LogP contribution < -0.4 is 4.90 Å². The van der Waals surface area contributed by atoms with Gasteiger partial charge in [0.15, 0.2) is 11.6 Å². The number of hydrogen-bond acceptors (Lipinski definition) is 6. The standard InChI is InChI=1S/C23H22FN5O/c1-28-12-5-13-29(15-14-28)22-19-21(27-23(30-19)17-6-3-2-4-7-17)25-20(26-22)16-8-10-18(24)11-9-16/h2-4,6-11H,5,12-15H2,1H3. The summed E-state index contributed by atoms with van der Waals surface area (Å²) in [6.45, 7) is 3.70. The normalized spacial score (nSPS) is 15.5. The zero-order chi connectivity index (χ0) is 20.5. The Hall–Kier alpha value is -3.32. The number of anilines is 1. The molecule has 0 aliphatic carbocycles. The molecular weight excluding hydrogens is 381 g/mol. The van der Waals surface area contributed by atoms with E-state index in [1.165, 1.54) is 12.1 Å². The number of nitrogens with zero attached hydrogens (tertiary/aromatic N) is 5. The van der Waals surface area contributed by atoms with Crippen LogP contribution >= 0.6 is 0 Å². The van der Waals surface area contributed by atoms with Crippen LogP contribution in [0.4, 0.5) is 10.2 Å². The van der Waals surface area contributed by atoms with E-state index < -0.39 is 0 Å². The number of fused-ring (bicyclic) bond motifs is 1. The molecule has 0 N–H and O–H groups in total. The molecule has 0 bridgehead atoms. The van der Waals surface area contributed by atoms with Crippen LogP contribution in [0.1, 0.15) is 6.42 Å². The second kappa shape index (κ2) is 7.84. The average Bonchev–Trinajstić information content (AvgIpc) is 3.09. The summed E-state index contributed by atoms with van der Waals surface area (Å²) in [5.74, 6) is 1.49. The summed E-state index contributed by atoms with van der Waals surface area (Å²) in [4.78, 5) is 18.7. The summed E-state index contributed by atoms with van der Waals surface area (Å²) in [6.07, 6.45) is 1.04. The van der Waals surface area contributed by atoms with E-state index in [0.29, 0.717) is 22.9 Å². The highest BCUT2D eigenvalue weighted by atomic mass is 19.1. The summed E-state index contributed by atoms with van der Waals surface area (Å²) in [7, 11) is 2.13. The fourth-order valence-corrected chi connectivity index (χ4v) is 3.71. The van der Waals surface area contributed by atoms with Crippen molar-refractivity contribution in [1.82, 2.24) is 19.9 Å². The van der Waals surface area contributed by atoms with Gasteiger partial charge in [0.1, 0.15) is 5.82 Å². The largest absolute Gasteiger partial charge is 0.430 e. The molecule has 3 heterocycles. The molecule has 6 nitrogen and oxygen atoms in total. The summed E-state index contributed by atoms with van der Waals surface area (Å²) in [5, 5.41) is 0. The Morgan fingerprint density at radius 3 is 2.43 bits per heavy atom. The topological polar surface area (TPSA) is 58.3 Å². The van der Waals surface area contributed by atoms with Crippen molar-refractivity contribution < 1.29 is 8.81 Å². The fraction of sp³-hybridized carbons (Fsp3) is 0.261. The second-order valence-electron chi connectivity index (χ2n) is 7.56. The van der Waals surface area contributed by atoms with E-state index in [-0.39, 0.29) is 5.82 Å². The molecule has 0 atom stereocenters. The van der Waals surface area contributed by atoms with Crippen LogP contribution in [-0.4, -0.2) is 53.1 Å². The lowest BCUT2D eigenvalue weighted by Gasteiger charge is -2.21. The van der Waals surface area contributed by atoms with Gasteiger partial charge in [-0.3, -0.25) is 0 Å². The lowest BCUT2D eigenvalue weighted by Crippen LogP contribution is -2.29. The predicted molar refractivity (Wildman–Crippen MR) is 115 cm³/mol. The Kier molecular flexibility index (Phi) is 4.88. The van der Waals surface area contributed by atoms with Gasteiger partial charge in [-0.25, -0.2) is 14.4 Å². The number of oxazole rings is 1. The van der Waals surface area contributed by atoms with Gasteiger partial charge in [-0.15, -0.1) is 0 Å². The van der Waals surface area contributed by atoms with Crippen LogP contribution in [0.2, 0.25) is 0 Å². The van der Waals surface area contributed by atoms with Crippen molar-refractivity contribution >= 4 is 17.0 Å². The lowest BCUT2D eigenvalue weighted by molar-refractivity contribution is 0.360. The minimum atomic E-state index is -0.289. The molecule has 0 unspecified atom stereocenters. The van der Waals surface area contributed by atoms with E-state index in [4.69, 9.17) is 9.40 Å². The molecule has 2 aromatic heterocycles. The minimum Gasteiger partial charge on any atom is -0.430 e. The van der Waals surface area contributed by atoms with Crippen LogP contribution in [0.5, 0.6) is 0 Å². The van der Waals surface area contributed by atoms with Crippen molar-refractivity contribution in [3.8, 4) is 22.8 Å². The summed E-state index contributed by atoms with van der Waals surface area (Å²) in [6, 6.07) is 16.0. The molecule has 2 aromatic carbocycles. The summed E-state index contributed by atoms with van der Waals surface area (Å²) >= 11 is 0. The predicted octanol–water partition coefficient (Wildman–Crippen LogP) is 4.23. The highest BCUT2D eigenvalue weighted by Gasteiger charge is 2.23. The Morgan fingerprint density at radius 1 is 0.833 bits per heavy atom. The molecule has 1 saturated heterocycles. The highest BCUT2D eigenvalue weighted by molar-refractivity contribution is 5.85. The Labute approximate surface area is 174 Å². The van der Waals surface area contributed by atoms with E-state index in [1.54, 1.807) is 12.1 Å². The molecule has 1 fully saturated rings. The highest BCUT2D eigenvalue weighted by Crippen LogP contribution is 2.32. The van der Waals surface area contributed by atoms with Gasteiger partial charge in [0.05, 0.1) is 0 Å². The smallest absolute Gasteiger partial charge is 0.229 e. The van der Waals surface area contributed by atoms with Crippen molar-refractivity contribution in [3.05, 3.63) is 60.4 Å². The fourth-order valence-electron chi connectivity index (χ4n) is 3.71. The van der Waals surface area contributed by atoms with Gasteiger partial charge in [0, 0.05) is 30.8 Å². The van der Waals surface area contributed by atoms with E-state index in [9.17, 15) is 4.39 Å². The maximum absolute atomic E-state index is 13.4. The maximum Gasteiger partial charge on any atom is 0.229 e. The average molecular weight is 403 g/mol. The number of aromatic nitrogens is 3. The number of halogens is 1. The minimum absolute atomic E-state index is 0.289. The van der Waals surface area contributed by atoms with E-state index in [0.717, 1.165) is 49.5 Å². The third-order valence-electron chi connectivity index (χ3n) is 5.38. The third kappa shape index (κ3) is 3.64. The van der Waals surface area contributed by atoms with Crippen LogP contribution in [0.15, 0.2) is 59.0 Å². The zero-order valence-electron chi connectivity index (χ0n) is 16.8. The third-order valence-corrected chi connectivity index (χ3v) is 5.38. The van der Waals surface area contributed by atoms with Crippen LogP contribution in [0.25, 0.3) is 34.1 Å². The number of benzene rings is 2. The van der Waals surface area contributed by atoms with Gasteiger partial charge in [-0.2, -0.15) is 4.98 Å².